The molecule has 2 atom stereocenters. The first-order chi connectivity index (χ1) is 9.00. The number of nitrogens with zero attached hydrogens (tertiary/aromatic N) is 1. The Morgan fingerprint density at radius 1 is 1.42 bits per heavy atom. The van der Waals surface area contributed by atoms with Gasteiger partial charge in [-0.3, -0.25) is 9.00 Å². The van der Waals surface area contributed by atoms with Crippen LogP contribution >= 0.6 is 11.6 Å². The minimum Gasteiger partial charge on any atom is -0.398 e. The van der Waals surface area contributed by atoms with Crippen LogP contribution in [0.15, 0.2) is 23.1 Å². The second-order valence-electron chi connectivity index (χ2n) is 4.65. The first-order valence-corrected chi connectivity index (χ1v) is 7.84. The lowest BCUT2D eigenvalue weighted by atomic mass is 10.3. The van der Waals surface area contributed by atoms with E-state index in [4.69, 9.17) is 17.3 Å². The Bertz CT molecular complexity index is 515. The number of anilines is 1. The number of hydrogen-bond acceptors (Lipinski definition) is 3. The molecule has 0 aliphatic carbocycles. The maximum Gasteiger partial charge on any atom is 0.238 e. The van der Waals surface area contributed by atoms with E-state index in [-0.39, 0.29) is 5.91 Å². The lowest BCUT2D eigenvalue weighted by Gasteiger charge is -2.20. The summed E-state index contributed by atoms with van der Waals surface area (Å²) in [6, 6.07) is 4.83. The van der Waals surface area contributed by atoms with E-state index in [1.54, 1.807) is 30.0 Å². The van der Waals surface area contributed by atoms with Crippen LogP contribution in [0.5, 0.6) is 0 Å². The van der Waals surface area contributed by atoms with E-state index >= 15 is 0 Å². The van der Waals surface area contributed by atoms with Crippen molar-refractivity contribution >= 4 is 34.0 Å². The average molecular weight is 301 g/mol. The summed E-state index contributed by atoms with van der Waals surface area (Å²) in [5, 5.41) is -0.128. The Hall–Kier alpha value is -1.07. The quantitative estimate of drug-likeness (QED) is 0.869. The van der Waals surface area contributed by atoms with Gasteiger partial charge in [-0.2, -0.15) is 0 Å². The molecule has 0 radical (unpaired) electrons. The van der Waals surface area contributed by atoms with Crippen LogP contribution in [-0.4, -0.2) is 33.4 Å². The molecule has 1 aromatic carbocycles. The SMILES string of the molecule is CC(C(=O)N1CCCC1)S(=O)c1cc(Cl)ccc1N. The summed E-state index contributed by atoms with van der Waals surface area (Å²) in [6.45, 7) is 3.19. The number of amides is 1. The number of halogens is 1. The van der Waals surface area contributed by atoms with Gasteiger partial charge in [0, 0.05) is 23.8 Å². The minimum atomic E-state index is -1.48. The molecule has 1 amide bonds. The Balaban J connectivity index is 2.18. The number of likely N-dealkylation sites (tertiary alicyclic amines) is 1. The molecule has 1 fully saturated rings. The van der Waals surface area contributed by atoms with Gasteiger partial charge in [-0.05, 0) is 38.0 Å². The van der Waals surface area contributed by atoms with Crippen LogP contribution in [0.25, 0.3) is 0 Å². The van der Waals surface area contributed by atoms with Crippen molar-refractivity contribution in [2.75, 3.05) is 18.8 Å². The first-order valence-electron chi connectivity index (χ1n) is 6.25. The highest BCUT2D eigenvalue weighted by atomic mass is 35.5. The van der Waals surface area contributed by atoms with Gasteiger partial charge in [-0.1, -0.05) is 11.6 Å². The molecule has 1 heterocycles. The Labute approximate surface area is 120 Å². The summed E-state index contributed by atoms with van der Waals surface area (Å²) in [5.41, 5.74) is 6.21. The zero-order valence-electron chi connectivity index (χ0n) is 10.8. The molecule has 19 heavy (non-hydrogen) atoms. The number of rotatable bonds is 3. The third-order valence-corrected chi connectivity index (χ3v) is 5.14. The normalized spacial score (nSPS) is 18.3. The Kier molecular flexibility index (Phi) is 4.47. The van der Waals surface area contributed by atoms with Crippen molar-refractivity contribution in [3.8, 4) is 0 Å². The van der Waals surface area contributed by atoms with E-state index in [1.165, 1.54) is 0 Å². The van der Waals surface area contributed by atoms with Crippen molar-refractivity contribution in [2.45, 2.75) is 29.9 Å². The van der Waals surface area contributed by atoms with Gasteiger partial charge >= 0.3 is 0 Å². The lowest BCUT2D eigenvalue weighted by molar-refractivity contribution is -0.129. The summed E-state index contributed by atoms with van der Waals surface area (Å²) in [4.78, 5) is 14.4. The summed E-state index contributed by atoms with van der Waals surface area (Å²) in [5.74, 6) is -0.0739. The largest absolute Gasteiger partial charge is 0.398 e. The van der Waals surface area contributed by atoms with Gasteiger partial charge in [0.25, 0.3) is 0 Å². The maximum atomic E-state index is 12.4. The van der Waals surface area contributed by atoms with Crippen LogP contribution in [-0.2, 0) is 15.6 Å². The van der Waals surface area contributed by atoms with Crippen molar-refractivity contribution in [2.24, 2.45) is 0 Å². The van der Waals surface area contributed by atoms with Gasteiger partial charge < -0.3 is 10.6 Å². The van der Waals surface area contributed by atoms with Crippen molar-refractivity contribution in [3.05, 3.63) is 23.2 Å². The molecule has 1 aliphatic rings. The van der Waals surface area contributed by atoms with Crippen molar-refractivity contribution in [3.63, 3.8) is 0 Å². The topological polar surface area (TPSA) is 63.4 Å². The zero-order valence-corrected chi connectivity index (χ0v) is 12.3. The van der Waals surface area contributed by atoms with E-state index in [0.717, 1.165) is 25.9 Å². The van der Waals surface area contributed by atoms with E-state index in [2.05, 4.69) is 0 Å². The lowest BCUT2D eigenvalue weighted by Crippen LogP contribution is -2.37. The van der Waals surface area contributed by atoms with Crippen LogP contribution in [0.1, 0.15) is 19.8 Å². The molecule has 2 rings (SSSR count). The molecule has 0 aromatic heterocycles. The van der Waals surface area contributed by atoms with E-state index in [1.807, 2.05) is 0 Å². The van der Waals surface area contributed by atoms with Crippen LogP contribution < -0.4 is 5.73 Å². The third kappa shape index (κ3) is 3.09. The monoisotopic (exact) mass is 300 g/mol. The molecule has 0 bridgehead atoms. The second kappa shape index (κ2) is 5.92. The van der Waals surface area contributed by atoms with Crippen molar-refractivity contribution in [1.29, 1.82) is 0 Å². The molecule has 0 saturated carbocycles. The number of hydrogen-bond donors (Lipinski definition) is 1. The summed E-state index contributed by atoms with van der Waals surface area (Å²) in [7, 11) is -1.48. The van der Waals surface area contributed by atoms with Gasteiger partial charge in [0.2, 0.25) is 5.91 Å². The highest BCUT2D eigenvalue weighted by Gasteiger charge is 2.28. The minimum absolute atomic E-state index is 0.0739. The summed E-state index contributed by atoms with van der Waals surface area (Å²) >= 11 is 5.89. The Morgan fingerprint density at radius 2 is 2.05 bits per heavy atom. The molecule has 2 unspecified atom stereocenters. The fourth-order valence-corrected chi connectivity index (χ4v) is 3.65. The predicted molar refractivity (Wildman–Crippen MR) is 77.5 cm³/mol. The smallest absolute Gasteiger partial charge is 0.238 e. The maximum absolute atomic E-state index is 12.4. The zero-order chi connectivity index (χ0) is 14.0. The fourth-order valence-electron chi connectivity index (χ4n) is 2.16. The first kappa shape index (κ1) is 14.3. The van der Waals surface area contributed by atoms with Gasteiger partial charge in [-0.15, -0.1) is 0 Å². The van der Waals surface area contributed by atoms with Crippen LogP contribution in [0, 0.1) is 0 Å². The van der Waals surface area contributed by atoms with Crippen LogP contribution in [0.4, 0.5) is 5.69 Å². The third-order valence-electron chi connectivity index (χ3n) is 3.28. The second-order valence-corrected chi connectivity index (χ2v) is 6.83. The van der Waals surface area contributed by atoms with Crippen LogP contribution in [0.3, 0.4) is 0 Å². The average Bonchev–Trinajstić information content (AvgIpc) is 2.93. The highest BCUT2D eigenvalue weighted by Crippen LogP contribution is 2.24. The molecule has 104 valence electrons. The number of nitrogens with two attached hydrogens (primary N) is 1. The fraction of sp³-hybridized carbons (Fsp3) is 0.462. The number of benzene rings is 1. The van der Waals surface area contributed by atoms with Gasteiger partial charge in [0.05, 0.1) is 15.7 Å². The molecule has 4 nitrogen and oxygen atoms in total. The van der Waals surface area contributed by atoms with Crippen molar-refractivity contribution in [1.82, 2.24) is 4.90 Å². The standard InChI is InChI=1S/C13H17ClN2O2S/c1-9(13(17)16-6-2-3-7-16)19(18)12-8-10(14)4-5-11(12)15/h4-5,8-9H,2-3,6-7,15H2,1H3. The molecule has 1 aliphatic heterocycles. The number of carbonyl (C=O) groups excluding carboxylic acids is 1. The van der Waals surface area contributed by atoms with Gasteiger partial charge in [-0.25, -0.2) is 0 Å². The van der Waals surface area contributed by atoms with Gasteiger partial charge in [0.1, 0.15) is 5.25 Å². The van der Waals surface area contributed by atoms with Crippen LogP contribution in [0.2, 0.25) is 5.02 Å². The molecule has 6 heteroatoms. The Morgan fingerprint density at radius 3 is 2.68 bits per heavy atom. The molecular formula is C13H17ClN2O2S. The molecule has 0 spiro atoms. The van der Waals surface area contributed by atoms with E-state index < -0.39 is 16.0 Å². The van der Waals surface area contributed by atoms with Crippen molar-refractivity contribution < 1.29 is 9.00 Å². The predicted octanol–water partition coefficient (Wildman–Crippen LogP) is 2.04. The summed E-state index contributed by atoms with van der Waals surface area (Å²) < 4.78 is 12.4. The molecule has 1 aromatic rings. The molecule has 2 N–H and O–H groups in total. The van der Waals surface area contributed by atoms with E-state index in [9.17, 15) is 9.00 Å². The van der Waals surface area contributed by atoms with E-state index in [0.29, 0.717) is 15.6 Å². The summed E-state index contributed by atoms with van der Waals surface area (Å²) in [6.07, 6.45) is 2.04. The number of carbonyl (C=O) groups is 1. The molecule has 1 saturated heterocycles. The highest BCUT2D eigenvalue weighted by molar-refractivity contribution is 7.86. The number of nitrogen functional groups attached to an aromatic ring is 1. The molecular weight excluding hydrogens is 284 g/mol. The van der Waals surface area contributed by atoms with Gasteiger partial charge in [0.15, 0.2) is 0 Å².